The van der Waals surface area contributed by atoms with Crippen LogP contribution in [-0.2, 0) is 5.41 Å². The average Bonchev–Trinajstić information content (AvgIpc) is 3.10. The van der Waals surface area contributed by atoms with Crippen molar-refractivity contribution in [2.75, 3.05) is 24.5 Å². The molecule has 1 atom stereocenters. The second kappa shape index (κ2) is 5.35. The molecule has 2 fully saturated rings. The van der Waals surface area contributed by atoms with Gasteiger partial charge in [0.1, 0.15) is 5.82 Å². The van der Waals surface area contributed by atoms with E-state index < -0.39 is 0 Å². The van der Waals surface area contributed by atoms with Gasteiger partial charge in [-0.3, -0.25) is 5.10 Å². The molecule has 0 saturated carbocycles. The van der Waals surface area contributed by atoms with E-state index in [-0.39, 0.29) is 5.41 Å². The first-order valence-corrected chi connectivity index (χ1v) is 7.95. The van der Waals surface area contributed by atoms with Crippen LogP contribution in [0.5, 0.6) is 0 Å². The molecular weight excluding hydrogens is 250 g/mol. The van der Waals surface area contributed by atoms with E-state index in [1.54, 1.807) is 0 Å². The van der Waals surface area contributed by atoms with Crippen LogP contribution in [0.3, 0.4) is 0 Å². The molecule has 0 aliphatic carbocycles. The normalized spacial score (nSPS) is 25.4. The Hall–Kier alpha value is -1.10. The number of rotatable bonds is 2. The van der Waals surface area contributed by atoms with Crippen molar-refractivity contribution in [3.63, 3.8) is 0 Å². The van der Waals surface area contributed by atoms with Crippen LogP contribution in [0.2, 0.25) is 0 Å². The van der Waals surface area contributed by atoms with Gasteiger partial charge in [-0.05, 0) is 38.1 Å². The average molecular weight is 277 g/mol. The minimum atomic E-state index is 0.0390. The van der Waals surface area contributed by atoms with E-state index in [9.17, 15) is 0 Å². The Bertz CT molecular complexity index is 433. The summed E-state index contributed by atoms with van der Waals surface area (Å²) in [5.41, 5.74) is 0.0390. The number of aromatic nitrogens is 3. The minimum Gasteiger partial charge on any atom is -0.340 e. The summed E-state index contributed by atoms with van der Waals surface area (Å²) in [5.74, 6) is 2.70. The zero-order valence-corrected chi connectivity index (χ0v) is 12.9. The molecule has 0 radical (unpaired) electrons. The Morgan fingerprint density at radius 2 is 1.90 bits per heavy atom. The largest absolute Gasteiger partial charge is 0.340 e. The summed E-state index contributed by atoms with van der Waals surface area (Å²) >= 11 is 0. The van der Waals surface area contributed by atoms with Crippen molar-refractivity contribution in [3.8, 4) is 0 Å². The summed E-state index contributed by atoms with van der Waals surface area (Å²) in [6, 6.07) is 0.759. The lowest BCUT2D eigenvalue weighted by atomic mass is 9.89. The third-order valence-corrected chi connectivity index (χ3v) is 4.67. The lowest BCUT2D eigenvalue weighted by Crippen LogP contribution is -2.41. The molecule has 3 heterocycles. The molecule has 2 N–H and O–H groups in total. The van der Waals surface area contributed by atoms with Crippen molar-refractivity contribution in [1.82, 2.24) is 20.5 Å². The first-order valence-electron chi connectivity index (χ1n) is 7.95. The zero-order chi connectivity index (χ0) is 14.2. The predicted molar refractivity (Wildman–Crippen MR) is 81.0 cm³/mol. The van der Waals surface area contributed by atoms with Crippen molar-refractivity contribution < 1.29 is 0 Å². The molecule has 2 saturated heterocycles. The van der Waals surface area contributed by atoms with Gasteiger partial charge in [-0.25, -0.2) is 0 Å². The van der Waals surface area contributed by atoms with Crippen LogP contribution in [0.15, 0.2) is 0 Å². The fourth-order valence-corrected chi connectivity index (χ4v) is 3.35. The van der Waals surface area contributed by atoms with Gasteiger partial charge in [0.25, 0.3) is 0 Å². The lowest BCUT2D eigenvalue weighted by molar-refractivity contribution is 0.317. The molecule has 1 aromatic heterocycles. The molecule has 0 bridgehead atoms. The summed E-state index contributed by atoms with van der Waals surface area (Å²) in [6.45, 7) is 9.87. The molecule has 0 amide bonds. The predicted octanol–water partition coefficient (Wildman–Crippen LogP) is 2.07. The van der Waals surface area contributed by atoms with E-state index in [0.717, 1.165) is 36.8 Å². The van der Waals surface area contributed by atoms with Crippen molar-refractivity contribution >= 4 is 5.95 Å². The standard InChI is InChI=1S/C15H27N5/c1-15(2,3)13-17-14(19-18-13)20-9-6-11(7-10-20)12-5-4-8-16-12/h11-12,16H,4-10H2,1-3H3,(H,17,18,19). The van der Waals surface area contributed by atoms with Gasteiger partial charge in [0.05, 0.1) is 0 Å². The van der Waals surface area contributed by atoms with Crippen LogP contribution in [0, 0.1) is 5.92 Å². The highest BCUT2D eigenvalue weighted by Gasteiger charge is 2.30. The summed E-state index contributed by atoms with van der Waals surface area (Å²) in [7, 11) is 0. The summed E-state index contributed by atoms with van der Waals surface area (Å²) in [6.07, 6.45) is 5.23. The smallest absolute Gasteiger partial charge is 0.244 e. The van der Waals surface area contributed by atoms with Crippen LogP contribution in [-0.4, -0.2) is 40.9 Å². The van der Waals surface area contributed by atoms with Gasteiger partial charge in [0, 0.05) is 24.5 Å². The number of anilines is 1. The van der Waals surface area contributed by atoms with Crippen molar-refractivity contribution in [2.24, 2.45) is 5.92 Å². The van der Waals surface area contributed by atoms with Gasteiger partial charge in [-0.2, -0.15) is 4.98 Å². The SMILES string of the molecule is CC(C)(C)c1nc(N2CCC(C3CCCN3)CC2)n[nH]1. The number of aromatic amines is 1. The molecule has 2 aliphatic heterocycles. The molecular formula is C15H27N5. The van der Waals surface area contributed by atoms with E-state index in [1.165, 1.54) is 32.2 Å². The fourth-order valence-electron chi connectivity index (χ4n) is 3.35. The molecule has 1 aromatic rings. The molecule has 1 unspecified atom stereocenters. The van der Waals surface area contributed by atoms with E-state index in [1.807, 2.05) is 0 Å². The van der Waals surface area contributed by atoms with Gasteiger partial charge in [-0.1, -0.05) is 20.8 Å². The van der Waals surface area contributed by atoms with E-state index in [2.05, 4.69) is 46.2 Å². The fraction of sp³-hybridized carbons (Fsp3) is 0.867. The van der Waals surface area contributed by atoms with Crippen LogP contribution < -0.4 is 10.2 Å². The Morgan fingerprint density at radius 1 is 1.15 bits per heavy atom. The topological polar surface area (TPSA) is 56.8 Å². The van der Waals surface area contributed by atoms with Crippen molar-refractivity contribution in [1.29, 1.82) is 0 Å². The number of hydrogen-bond acceptors (Lipinski definition) is 4. The Kier molecular flexibility index (Phi) is 3.71. The van der Waals surface area contributed by atoms with Crippen LogP contribution >= 0.6 is 0 Å². The zero-order valence-electron chi connectivity index (χ0n) is 12.9. The van der Waals surface area contributed by atoms with Crippen LogP contribution in [0.1, 0.15) is 52.3 Å². The minimum absolute atomic E-state index is 0.0390. The second-order valence-electron chi connectivity index (χ2n) is 7.26. The van der Waals surface area contributed by atoms with Gasteiger partial charge in [0.15, 0.2) is 0 Å². The number of nitrogens with zero attached hydrogens (tertiary/aromatic N) is 3. The highest BCUT2D eigenvalue weighted by atomic mass is 15.4. The Balaban J connectivity index is 1.59. The Morgan fingerprint density at radius 3 is 2.45 bits per heavy atom. The second-order valence-corrected chi connectivity index (χ2v) is 7.26. The molecule has 2 aliphatic rings. The quantitative estimate of drug-likeness (QED) is 0.869. The maximum Gasteiger partial charge on any atom is 0.244 e. The third-order valence-electron chi connectivity index (χ3n) is 4.67. The molecule has 5 heteroatoms. The molecule has 0 aromatic carbocycles. The van der Waals surface area contributed by atoms with Crippen LogP contribution in [0.25, 0.3) is 0 Å². The first kappa shape index (κ1) is 13.9. The van der Waals surface area contributed by atoms with Gasteiger partial charge >= 0.3 is 0 Å². The van der Waals surface area contributed by atoms with Gasteiger partial charge in [-0.15, -0.1) is 5.10 Å². The number of nitrogens with one attached hydrogen (secondary N) is 2. The third kappa shape index (κ3) is 2.82. The molecule has 5 nitrogen and oxygen atoms in total. The summed E-state index contributed by atoms with van der Waals surface area (Å²) < 4.78 is 0. The number of hydrogen-bond donors (Lipinski definition) is 2. The van der Waals surface area contributed by atoms with Crippen molar-refractivity contribution in [3.05, 3.63) is 5.82 Å². The van der Waals surface area contributed by atoms with E-state index >= 15 is 0 Å². The summed E-state index contributed by atoms with van der Waals surface area (Å²) in [4.78, 5) is 7.00. The molecule has 3 rings (SSSR count). The number of H-pyrrole nitrogens is 1. The summed E-state index contributed by atoms with van der Waals surface area (Å²) in [5, 5.41) is 11.1. The Labute approximate surface area is 121 Å². The first-order chi connectivity index (χ1) is 9.54. The molecule has 0 spiro atoms. The molecule has 112 valence electrons. The maximum absolute atomic E-state index is 4.67. The monoisotopic (exact) mass is 277 g/mol. The van der Waals surface area contributed by atoms with E-state index in [4.69, 9.17) is 0 Å². The van der Waals surface area contributed by atoms with Gasteiger partial charge < -0.3 is 10.2 Å². The van der Waals surface area contributed by atoms with Crippen molar-refractivity contribution in [2.45, 2.75) is 57.9 Å². The number of piperidine rings is 1. The highest BCUT2D eigenvalue weighted by molar-refractivity contribution is 5.30. The van der Waals surface area contributed by atoms with Gasteiger partial charge in [0.2, 0.25) is 5.95 Å². The maximum atomic E-state index is 4.67. The van der Waals surface area contributed by atoms with E-state index in [0.29, 0.717) is 0 Å². The van der Waals surface area contributed by atoms with Crippen LogP contribution in [0.4, 0.5) is 5.95 Å². The highest BCUT2D eigenvalue weighted by Crippen LogP contribution is 2.28. The lowest BCUT2D eigenvalue weighted by Gasteiger charge is -2.34. The molecule has 20 heavy (non-hydrogen) atoms.